The second-order valence-corrected chi connectivity index (χ2v) is 5.97. The quantitative estimate of drug-likeness (QED) is 0.774. The summed E-state index contributed by atoms with van der Waals surface area (Å²) in [5, 5.41) is 22.8. The maximum absolute atomic E-state index is 11.2. The van der Waals surface area contributed by atoms with Crippen molar-refractivity contribution in [2.24, 2.45) is 0 Å². The molecule has 0 radical (unpaired) electrons. The van der Waals surface area contributed by atoms with E-state index in [-0.39, 0.29) is 18.0 Å². The molecule has 1 aromatic heterocycles. The zero-order valence-corrected chi connectivity index (χ0v) is 11.6. The van der Waals surface area contributed by atoms with Crippen LogP contribution >= 0.6 is 0 Å². The van der Waals surface area contributed by atoms with Gasteiger partial charge >= 0.3 is 6.09 Å². The highest BCUT2D eigenvalue weighted by Crippen LogP contribution is 2.32. The monoisotopic (exact) mass is 262 g/mol. The number of fused-ring (bicyclic) bond motifs is 1. The second kappa shape index (κ2) is 4.26. The van der Waals surface area contributed by atoms with Crippen molar-refractivity contribution in [1.82, 2.24) is 14.7 Å². The average molecular weight is 262 g/mol. The number of nitrogens with zero attached hydrogens (tertiary/aromatic N) is 4. The van der Waals surface area contributed by atoms with Crippen LogP contribution in [0.5, 0.6) is 0 Å². The van der Waals surface area contributed by atoms with Gasteiger partial charge in [0, 0.05) is 5.56 Å². The van der Waals surface area contributed by atoms with Gasteiger partial charge in [-0.05, 0) is 12.3 Å². The molecule has 0 aromatic carbocycles. The van der Waals surface area contributed by atoms with Gasteiger partial charge in [-0.15, -0.1) is 0 Å². The normalized spacial score (nSPS) is 18.9. The SMILES string of the molecule is C[C@@H]1Cn2nc(C#N)c(C(C)(C)C)c2CN1C(=O)O. The molecule has 2 heterocycles. The van der Waals surface area contributed by atoms with E-state index in [1.807, 2.05) is 27.7 Å². The summed E-state index contributed by atoms with van der Waals surface area (Å²) in [4.78, 5) is 12.6. The summed E-state index contributed by atoms with van der Waals surface area (Å²) in [7, 11) is 0. The highest BCUT2D eigenvalue weighted by atomic mass is 16.4. The van der Waals surface area contributed by atoms with E-state index in [0.717, 1.165) is 11.3 Å². The molecule has 6 heteroatoms. The third-order valence-corrected chi connectivity index (χ3v) is 3.45. The smallest absolute Gasteiger partial charge is 0.407 e. The van der Waals surface area contributed by atoms with E-state index in [1.165, 1.54) is 4.90 Å². The predicted octanol–water partition coefficient (Wildman–Crippen LogP) is 1.93. The van der Waals surface area contributed by atoms with Crippen LogP contribution in [0, 0.1) is 11.3 Å². The summed E-state index contributed by atoms with van der Waals surface area (Å²) < 4.78 is 1.78. The minimum absolute atomic E-state index is 0.135. The molecule has 1 amide bonds. The summed E-state index contributed by atoms with van der Waals surface area (Å²) in [6.07, 6.45) is -0.932. The molecule has 0 saturated heterocycles. The number of aromatic nitrogens is 2. The van der Waals surface area contributed by atoms with Gasteiger partial charge < -0.3 is 5.11 Å². The first-order chi connectivity index (χ1) is 8.75. The summed E-state index contributed by atoms with van der Waals surface area (Å²) in [6.45, 7) is 8.66. The van der Waals surface area contributed by atoms with Gasteiger partial charge in [0.15, 0.2) is 5.69 Å². The minimum atomic E-state index is -0.932. The first-order valence-electron chi connectivity index (χ1n) is 6.25. The standard InChI is InChI=1S/C13H18N4O2/c1-8-6-17-10(7-16(8)12(18)19)11(13(2,3)4)9(5-14)15-17/h8H,6-7H2,1-4H3,(H,18,19)/t8-/m1/s1. The fourth-order valence-corrected chi connectivity index (χ4v) is 2.60. The Balaban J connectivity index is 2.56. The number of amides is 1. The zero-order valence-electron chi connectivity index (χ0n) is 11.6. The van der Waals surface area contributed by atoms with Gasteiger partial charge in [-0.25, -0.2) is 4.79 Å². The molecule has 102 valence electrons. The van der Waals surface area contributed by atoms with Crippen LogP contribution in [0.25, 0.3) is 0 Å². The highest BCUT2D eigenvalue weighted by molar-refractivity contribution is 5.65. The number of carboxylic acid groups (broad SMARTS) is 1. The number of nitriles is 1. The lowest BCUT2D eigenvalue weighted by Gasteiger charge is -2.33. The van der Waals surface area contributed by atoms with E-state index in [0.29, 0.717) is 12.2 Å². The first-order valence-corrected chi connectivity index (χ1v) is 6.25. The number of carbonyl (C=O) groups is 1. The van der Waals surface area contributed by atoms with Gasteiger partial charge in [-0.3, -0.25) is 9.58 Å². The van der Waals surface area contributed by atoms with Crippen LogP contribution in [0.4, 0.5) is 4.79 Å². The van der Waals surface area contributed by atoms with Crippen LogP contribution < -0.4 is 0 Å². The Labute approximate surface area is 112 Å². The third-order valence-electron chi connectivity index (χ3n) is 3.45. The molecule has 6 nitrogen and oxygen atoms in total. The van der Waals surface area contributed by atoms with Crippen LogP contribution in [0.15, 0.2) is 0 Å². The molecule has 0 bridgehead atoms. The Hall–Kier alpha value is -2.03. The number of hydrogen-bond donors (Lipinski definition) is 1. The summed E-state index contributed by atoms with van der Waals surface area (Å²) in [5.41, 5.74) is 1.86. The molecule has 0 spiro atoms. The Bertz CT molecular complexity index is 562. The van der Waals surface area contributed by atoms with E-state index in [1.54, 1.807) is 4.68 Å². The van der Waals surface area contributed by atoms with Crippen molar-refractivity contribution in [1.29, 1.82) is 5.26 Å². The Morgan fingerprint density at radius 1 is 1.53 bits per heavy atom. The fourth-order valence-electron chi connectivity index (χ4n) is 2.60. The zero-order chi connectivity index (χ0) is 14.4. The molecule has 1 aliphatic heterocycles. The maximum atomic E-state index is 11.2. The predicted molar refractivity (Wildman–Crippen MR) is 68.7 cm³/mol. The lowest BCUT2D eigenvalue weighted by molar-refractivity contribution is 0.105. The lowest BCUT2D eigenvalue weighted by atomic mass is 9.84. The van der Waals surface area contributed by atoms with Crippen molar-refractivity contribution in [2.75, 3.05) is 0 Å². The van der Waals surface area contributed by atoms with Crippen molar-refractivity contribution in [2.45, 2.75) is 52.2 Å². The molecule has 1 aliphatic rings. The molecule has 1 atom stereocenters. The molecule has 1 N–H and O–H groups in total. The summed E-state index contributed by atoms with van der Waals surface area (Å²) in [6, 6.07) is 1.99. The van der Waals surface area contributed by atoms with E-state index in [4.69, 9.17) is 0 Å². The topological polar surface area (TPSA) is 82.2 Å². The molecule has 0 aliphatic carbocycles. The first kappa shape index (κ1) is 13.4. The Morgan fingerprint density at radius 3 is 2.63 bits per heavy atom. The molecule has 2 rings (SSSR count). The Morgan fingerprint density at radius 2 is 2.16 bits per heavy atom. The van der Waals surface area contributed by atoms with Crippen LogP contribution in [0.1, 0.15) is 44.6 Å². The van der Waals surface area contributed by atoms with Gasteiger partial charge in [-0.2, -0.15) is 10.4 Å². The number of hydrogen-bond acceptors (Lipinski definition) is 3. The van der Waals surface area contributed by atoms with Gasteiger partial charge in [0.05, 0.1) is 24.8 Å². The molecule has 0 unspecified atom stereocenters. The van der Waals surface area contributed by atoms with E-state index in [9.17, 15) is 15.2 Å². The van der Waals surface area contributed by atoms with Crippen LogP contribution in [0.3, 0.4) is 0 Å². The van der Waals surface area contributed by atoms with Crippen molar-refractivity contribution in [3.05, 3.63) is 17.0 Å². The minimum Gasteiger partial charge on any atom is -0.465 e. The van der Waals surface area contributed by atoms with Gasteiger partial charge in [-0.1, -0.05) is 20.8 Å². The summed E-state index contributed by atoms with van der Waals surface area (Å²) in [5.74, 6) is 0. The van der Waals surface area contributed by atoms with Crippen LogP contribution in [-0.2, 0) is 18.5 Å². The van der Waals surface area contributed by atoms with E-state index < -0.39 is 6.09 Å². The van der Waals surface area contributed by atoms with Crippen molar-refractivity contribution in [3.63, 3.8) is 0 Å². The van der Waals surface area contributed by atoms with Crippen molar-refractivity contribution >= 4 is 6.09 Å². The molecular weight excluding hydrogens is 244 g/mol. The largest absolute Gasteiger partial charge is 0.465 e. The number of rotatable bonds is 0. The molecule has 0 fully saturated rings. The van der Waals surface area contributed by atoms with Crippen LogP contribution in [-0.4, -0.2) is 31.9 Å². The fraction of sp³-hybridized carbons (Fsp3) is 0.615. The van der Waals surface area contributed by atoms with Gasteiger partial charge in [0.1, 0.15) is 6.07 Å². The molecular formula is C13H18N4O2. The maximum Gasteiger partial charge on any atom is 0.407 e. The van der Waals surface area contributed by atoms with Crippen molar-refractivity contribution in [3.8, 4) is 6.07 Å². The third kappa shape index (κ3) is 2.16. The molecule has 19 heavy (non-hydrogen) atoms. The lowest BCUT2D eigenvalue weighted by Crippen LogP contribution is -2.44. The second-order valence-electron chi connectivity index (χ2n) is 5.97. The van der Waals surface area contributed by atoms with E-state index >= 15 is 0 Å². The highest BCUT2D eigenvalue weighted by Gasteiger charge is 2.34. The summed E-state index contributed by atoms with van der Waals surface area (Å²) >= 11 is 0. The molecule has 1 aromatic rings. The van der Waals surface area contributed by atoms with Gasteiger partial charge in [0.25, 0.3) is 0 Å². The van der Waals surface area contributed by atoms with Crippen LogP contribution in [0.2, 0.25) is 0 Å². The molecule has 0 saturated carbocycles. The van der Waals surface area contributed by atoms with Gasteiger partial charge in [0.2, 0.25) is 0 Å². The average Bonchev–Trinajstić information content (AvgIpc) is 2.64. The Kier molecular flexibility index (Phi) is 3.01. The van der Waals surface area contributed by atoms with E-state index in [2.05, 4.69) is 11.2 Å². The van der Waals surface area contributed by atoms with Crippen molar-refractivity contribution < 1.29 is 9.90 Å².